The number of hydrogen-bond donors (Lipinski definition) is 1. The van der Waals surface area contributed by atoms with Gasteiger partial charge in [0.15, 0.2) is 6.61 Å². The molecule has 31 heavy (non-hydrogen) atoms. The number of sulfonamides is 1. The van der Waals surface area contributed by atoms with Gasteiger partial charge in [-0.15, -0.1) is 0 Å². The van der Waals surface area contributed by atoms with Crippen LogP contribution < -0.4 is 5.32 Å². The van der Waals surface area contributed by atoms with Gasteiger partial charge >= 0.3 is 5.97 Å². The SMILES string of the molecule is O=C(COC(=O)c1cccc(S(=O)(=O)N2CCc3ccccc3C2)c1)NC1CCCC1. The molecule has 1 heterocycles. The second-order valence-electron chi connectivity index (χ2n) is 8.01. The van der Waals surface area contributed by atoms with Crippen molar-refractivity contribution in [1.29, 1.82) is 0 Å². The zero-order chi connectivity index (χ0) is 21.8. The summed E-state index contributed by atoms with van der Waals surface area (Å²) in [4.78, 5) is 24.4. The van der Waals surface area contributed by atoms with Crippen LogP contribution in [0.3, 0.4) is 0 Å². The van der Waals surface area contributed by atoms with Gasteiger partial charge in [-0.3, -0.25) is 4.79 Å². The molecule has 2 aromatic rings. The number of hydrogen-bond acceptors (Lipinski definition) is 5. The average Bonchev–Trinajstić information content (AvgIpc) is 3.30. The summed E-state index contributed by atoms with van der Waals surface area (Å²) >= 11 is 0. The van der Waals surface area contributed by atoms with E-state index in [0.29, 0.717) is 19.5 Å². The van der Waals surface area contributed by atoms with Gasteiger partial charge in [-0.25, -0.2) is 13.2 Å². The van der Waals surface area contributed by atoms with Crippen molar-refractivity contribution in [2.45, 2.75) is 49.6 Å². The lowest BCUT2D eigenvalue weighted by molar-refractivity contribution is -0.124. The number of benzene rings is 2. The fourth-order valence-corrected chi connectivity index (χ4v) is 5.63. The van der Waals surface area contributed by atoms with Gasteiger partial charge in [-0.1, -0.05) is 43.2 Å². The van der Waals surface area contributed by atoms with Gasteiger partial charge < -0.3 is 10.1 Å². The molecule has 0 aromatic heterocycles. The zero-order valence-electron chi connectivity index (χ0n) is 17.2. The highest BCUT2D eigenvalue weighted by atomic mass is 32.2. The second-order valence-corrected chi connectivity index (χ2v) is 9.95. The minimum Gasteiger partial charge on any atom is -0.452 e. The van der Waals surface area contributed by atoms with Gasteiger partial charge in [0, 0.05) is 19.1 Å². The van der Waals surface area contributed by atoms with E-state index in [1.165, 1.54) is 28.6 Å². The third kappa shape index (κ3) is 4.97. The number of amides is 1. The third-order valence-electron chi connectivity index (χ3n) is 5.86. The molecule has 1 aliphatic carbocycles. The normalized spacial score (nSPS) is 17.2. The number of nitrogens with one attached hydrogen (secondary N) is 1. The molecule has 0 radical (unpaired) electrons. The Bertz CT molecular complexity index is 1080. The quantitative estimate of drug-likeness (QED) is 0.695. The predicted octanol–water partition coefficient (Wildman–Crippen LogP) is 2.65. The number of fused-ring (bicyclic) bond motifs is 1. The molecule has 2 aliphatic rings. The lowest BCUT2D eigenvalue weighted by Gasteiger charge is -2.28. The smallest absolute Gasteiger partial charge is 0.338 e. The Morgan fingerprint density at radius 2 is 1.77 bits per heavy atom. The van der Waals surface area contributed by atoms with Crippen LogP contribution in [-0.2, 0) is 32.5 Å². The summed E-state index contributed by atoms with van der Waals surface area (Å²) in [6.45, 7) is 0.305. The van der Waals surface area contributed by atoms with Crippen molar-refractivity contribution in [2.24, 2.45) is 0 Å². The van der Waals surface area contributed by atoms with Crippen LogP contribution in [-0.4, -0.2) is 43.8 Å². The molecule has 0 saturated heterocycles. The van der Waals surface area contributed by atoms with Gasteiger partial charge in [-0.05, 0) is 48.6 Å². The molecule has 1 fully saturated rings. The Morgan fingerprint density at radius 3 is 2.55 bits per heavy atom. The molecule has 8 heteroatoms. The van der Waals surface area contributed by atoms with Gasteiger partial charge in [0.25, 0.3) is 5.91 Å². The van der Waals surface area contributed by atoms with E-state index in [1.807, 2.05) is 24.3 Å². The Balaban J connectivity index is 1.41. The molecule has 164 valence electrons. The Labute approximate surface area is 182 Å². The first kappa shape index (κ1) is 21.5. The Hall–Kier alpha value is -2.71. The maximum absolute atomic E-state index is 13.1. The van der Waals surface area contributed by atoms with Crippen LogP contribution >= 0.6 is 0 Å². The van der Waals surface area contributed by atoms with Gasteiger partial charge in [0.2, 0.25) is 10.0 Å². The van der Waals surface area contributed by atoms with E-state index < -0.39 is 16.0 Å². The van der Waals surface area contributed by atoms with Crippen molar-refractivity contribution in [2.75, 3.05) is 13.2 Å². The van der Waals surface area contributed by atoms with Gasteiger partial charge in [0.05, 0.1) is 10.5 Å². The van der Waals surface area contributed by atoms with Crippen molar-refractivity contribution in [3.63, 3.8) is 0 Å². The molecular formula is C23H26N2O5S. The Morgan fingerprint density at radius 1 is 1.03 bits per heavy atom. The summed E-state index contributed by atoms with van der Waals surface area (Å²) in [6.07, 6.45) is 4.72. The van der Waals surface area contributed by atoms with Crippen LogP contribution in [0, 0.1) is 0 Å². The minimum absolute atomic E-state index is 0.0386. The molecular weight excluding hydrogens is 416 g/mol. The van der Waals surface area contributed by atoms with E-state index in [9.17, 15) is 18.0 Å². The molecule has 0 spiro atoms. The largest absolute Gasteiger partial charge is 0.452 e. The minimum atomic E-state index is -3.76. The summed E-state index contributed by atoms with van der Waals surface area (Å²) in [7, 11) is -3.76. The third-order valence-corrected chi connectivity index (χ3v) is 7.70. The fraction of sp³-hybridized carbons (Fsp3) is 0.391. The number of esters is 1. The van der Waals surface area contributed by atoms with E-state index in [2.05, 4.69) is 5.32 Å². The maximum Gasteiger partial charge on any atom is 0.338 e. The van der Waals surface area contributed by atoms with E-state index >= 15 is 0 Å². The molecule has 0 atom stereocenters. The number of carbonyl (C=O) groups is 2. The molecule has 0 unspecified atom stereocenters. The number of nitrogens with zero attached hydrogens (tertiary/aromatic N) is 1. The first-order chi connectivity index (χ1) is 14.9. The summed E-state index contributed by atoms with van der Waals surface area (Å²) in [6, 6.07) is 13.7. The average molecular weight is 443 g/mol. The van der Waals surface area contributed by atoms with Crippen molar-refractivity contribution in [1.82, 2.24) is 9.62 Å². The molecule has 0 bridgehead atoms. The van der Waals surface area contributed by atoms with Crippen LogP contribution in [0.4, 0.5) is 0 Å². The predicted molar refractivity (Wildman–Crippen MR) is 115 cm³/mol. The van der Waals surface area contributed by atoms with Crippen LogP contribution in [0.5, 0.6) is 0 Å². The van der Waals surface area contributed by atoms with Crippen LogP contribution in [0.1, 0.15) is 47.2 Å². The number of ether oxygens (including phenoxy) is 1. The first-order valence-electron chi connectivity index (χ1n) is 10.6. The van der Waals surface area contributed by atoms with Crippen molar-refractivity contribution >= 4 is 21.9 Å². The molecule has 1 saturated carbocycles. The zero-order valence-corrected chi connectivity index (χ0v) is 18.1. The lowest BCUT2D eigenvalue weighted by Crippen LogP contribution is -2.36. The van der Waals surface area contributed by atoms with E-state index in [4.69, 9.17) is 4.74 Å². The van der Waals surface area contributed by atoms with E-state index in [0.717, 1.165) is 36.8 Å². The summed E-state index contributed by atoms with van der Waals surface area (Å²) in [5, 5.41) is 2.85. The van der Waals surface area contributed by atoms with E-state index in [-0.39, 0.29) is 29.0 Å². The number of rotatable bonds is 6. The molecule has 7 nitrogen and oxygen atoms in total. The summed E-state index contributed by atoms with van der Waals surface area (Å²) < 4.78 is 32.8. The summed E-state index contributed by atoms with van der Waals surface area (Å²) in [5.74, 6) is -1.06. The maximum atomic E-state index is 13.1. The monoisotopic (exact) mass is 442 g/mol. The molecule has 1 N–H and O–H groups in total. The first-order valence-corrected chi connectivity index (χ1v) is 12.0. The molecule has 2 aromatic carbocycles. The molecule has 4 rings (SSSR count). The topological polar surface area (TPSA) is 92.8 Å². The standard InChI is InChI=1S/C23H26N2O5S/c26-22(24-20-9-3-4-10-20)16-30-23(27)18-8-5-11-21(14-18)31(28,29)25-13-12-17-6-1-2-7-19(17)15-25/h1-2,5-8,11,14,20H,3-4,9-10,12-13,15-16H2,(H,24,26). The lowest BCUT2D eigenvalue weighted by atomic mass is 10.0. The highest BCUT2D eigenvalue weighted by molar-refractivity contribution is 7.89. The van der Waals surface area contributed by atoms with E-state index in [1.54, 1.807) is 0 Å². The fourth-order valence-electron chi connectivity index (χ4n) is 4.16. The van der Waals surface area contributed by atoms with Crippen molar-refractivity contribution in [3.8, 4) is 0 Å². The van der Waals surface area contributed by atoms with Crippen LogP contribution in [0.25, 0.3) is 0 Å². The highest BCUT2D eigenvalue weighted by Gasteiger charge is 2.29. The van der Waals surface area contributed by atoms with Gasteiger partial charge in [-0.2, -0.15) is 4.31 Å². The van der Waals surface area contributed by atoms with Crippen LogP contribution in [0.15, 0.2) is 53.4 Å². The molecule has 1 aliphatic heterocycles. The van der Waals surface area contributed by atoms with Crippen molar-refractivity contribution < 1.29 is 22.7 Å². The number of carbonyl (C=O) groups excluding carboxylic acids is 2. The molecule has 1 amide bonds. The van der Waals surface area contributed by atoms with Gasteiger partial charge in [0.1, 0.15) is 0 Å². The second kappa shape index (κ2) is 9.20. The summed E-state index contributed by atoms with van der Waals surface area (Å²) in [5.41, 5.74) is 2.25. The van der Waals surface area contributed by atoms with Crippen molar-refractivity contribution in [3.05, 3.63) is 65.2 Å². The highest BCUT2D eigenvalue weighted by Crippen LogP contribution is 2.25. The van der Waals surface area contributed by atoms with Crippen LogP contribution in [0.2, 0.25) is 0 Å². The Kier molecular flexibility index (Phi) is 6.38.